The number of likely N-dealkylation sites (tertiary alicyclic amines) is 1. The molecule has 174 valence electrons. The second-order valence-corrected chi connectivity index (χ2v) is 8.04. The van der Waals surface area contributed by atoms with E-state index < -0.39 is 23.9 Å². The molecule has 34 heavy (non-hydrogen) atoms. The molecule has 0 spiro atoms. The first kappa shape index (κ1) is 22.1. The van der Waals surface area contributed by atoms with Gasteiger partial charge in [-0.2, -0.15) is 0 Å². The number of nitrogens with zero attached hydrogens (tertiary/aromatic N) is 7. The van der Waals surface area contributed by atoms with Gasteiger partial charge in [0.05, 0.1) is 17.3 Å². The van der Waals surface area contributed by atoms with Crippen molar-refractivity contribution in [2.45, 2.75) is 12.2 Å². The SMILES string of the molecule is O=C(Nc1ccc(F)cn1)[C@H](CN1CC(O)C1)Oc1ncnc2nn(-c3ncccc3Cl)cc12. The Kier molecular flexibility index (Phi) is 6.01. The Morgan fingerprint density at radius 1 is 1.26 bits per heavy atom. The summed E-state index contributed by atoms with van der Waals surface area (Å²) in [6.07, 6.45) is 4.01. The van der Waals surface area contributed by atoms with Gasteiger partial charge in [0.2, 0.25) is 5.88 Å². The van der Waals surface area contributed by atoms with E-state index in [1.165, 1.54) is 23.1 Å². The maximum atomic E-state index is 13.2. The molecule has 0 aromatic carbocycles. The fourth-order valence-electron chi connectivity index (χ4n) is 3.46. The number of aromatic nitrogens is 6. The van der Waals surface area contributed by atoms with Crippen molar-refractivity contribution in [1.29, 1.82) is 0 Å². The van der Waals surface area contributed by atoms with Crippen LogP contribution >= 0.6 is 11.6 Å². The normalized spacial score (nSPS) is 15.1. The number of aliphatic hydroxyl groups excluding tert-OH is 1. The van der Waals surface area contributed by atoms with Crippen molar-refractivity contribution in [1.82, 2.24) is 34.6 Å². The summed E-state index contributed by atoms with van der Waals surface area (Å²) in [5.74, 6) is -0.314. The topological polar surface area (TPSA) is 131 Å². The third kappa shape index (κ3) is 4.64. The molecule has 11 nitrogen and oxygen atoms in total. The molecule has 1 saturated heterocycles. The average Bonchev–Trinajstić information content (AvgIpc) is 3.24. The van der Waals surface area contributed by atoms with Crippen LogP contribution < -0.4 is 10.1 Å². The van der Waals surface area contributed by atoms with Gasteiger partial charge in [0.15, 0.2) is 17.6 Å². The van der Waals surface area contributed by atoms with Gasteiger partial charge in [0.25, 0.3) is 5.91 Å². The van der Waals surface area contributed by atoms with E-state index in [-0.39, 0.29) is 18.2 Å². The second-order valence-electron chi connectivity index (χ2n) is 7.63. The number of fused-ring (bicyclic) bond motifs is 1. The monoisotopic (exact) mass is 484 g/mol. The number of rotatable bonds is 7. The highest BCUT2D eigenvalue weighted by molar-refractivity contribution is 6.32. The van der Waals surface area contributed by atoms with E-state index in [2.05, 4.69) is 30.4 Å². The van der Waals surface area contributed by atoms with E-state index in [0.29, 0.717) is 35.0 Å². The number of carbonyl (C=O) groups is 1. The quantitative estimate of drug-likeness (QED) is 0.400. The molecule has 2 N–H and O–H groups in total. The smallest absolute Gasteiger partial charge is 0.268 e. The van der Waals surface area contributed by atoms with Crippen LogP contribution in [0.3, 0.4) is 0 Å². The minimum absolute atomic E-state index is 0.136. The van der Waals surface area contributed by atoms with E-state index in [4.69, 9.17) is 16.3 Å². The molecule has 0 radical (unpaired) electrons. The van der Waals surface area contributed by atoms with Crippen LogP contribution in [0.1, 0.15) is 0 Å². The van der Waals surface area contributed by atoms with Crippen LogP contribution in [-0.2, 0) is 4.79 Å². The zero-order chi connectivity index (χ0) is 23.7. The van der Waals surface area contributed by atoms with Gasteiger partial charge < -0.3 is 15.2 Å². The summed E-state index contributed by atoms with van der Waals surface area (Å²) in [6.45, 7) is 1.02. The van der Waals surface area contributed by atoms with Crippen molar-refractivity contribution >= 4 is 34.4 Å². The summed E-state index contributed by atoms with van der Waals surface area (Å²) in [6, 6.07) is 5.93. The van der Waals surface area contributed by atoms with E-state index in [1.54, 1.807) is 24.5 Å². The Hall–Kier alpha value is -3.74. The molecule has 13 heteroatoms. The Labute approximate surface area is 197 Å². The molecule has 0 bridgehead atoms. The second kappa shape index (κ2) is 9.25. The predicted molar refractivity (Wildman–Crippen MR) is 119 cm³/mol. The van der Waals surface area contributed by atoms with Gasteiger partial charge >= 0.3 is 0 Å². The number of amides is 1. The molecule has 0 aliphatic carbocycles. The maximum absolute atomic E-state index is 13.2. The first-order valence-corrected chi connectivity index (χ1v) is 10.6. The number of ether oxygens (including phenoxy) is 1. The van der Waals surface area contributed by atoms with Gasteiger partial charge in [-0.15, -0.1) is 5.10 Å². The minimum atomic E-state index is -1.01. The standard InChI is InChI=1S/C21H18ClFN8O3/c22-15-2-1-5-24-19(15)31-9-14-18(29-31)26-11-27-21(14)34-16(10-30-7-13(32)8-30)20(33)28-17-4-3-12(23)6-25-17/h1-6,9,11,13,16,32H,7-8,10H2,(H,25,28,33)/t16-/m0/s1. The number of nitrogens with one attached hydrogen (secondary N) is 1. The summed E-state index contributed by atoms with van der Waals surface area (Å²) in [4.78, 5) is 31.3. The first-order chi connectivity index (χ1) is 16.5. The molecule has 1 aliphatic rings. The summed E-state index contributed by atoms with van der Waals surface area (Å²) in [7, 11) is 0. The van der Waals surface area contributed by atoms with Gasteiger partial charge in [-0.25, -0.2) is 29.0 Å². The number of pyridine rings is 2. The molecule has 4 aromatic heterocycles. The molecule has 1 atom stereocenters. The highest BCUT2D eigenvalue weighted by atomic mass is 35.5. The summed E-state index contributed by atoms with van der Waals surface area (Å²) >= 11 is 6.23. The number of halogens is 2. The number of hydrogen-bond acceptors (Lipinski definition) is 9. The molecule has 5 rings (SSSR count). The minimum Gasteiger partial charge on any atom is -0.462 e. The third-order valence-electron chi connectivity index (χ3n) is 5.12. The van der Waals surface area contributed by atoms with Crippen LogP contribution in [0.15, 0.2) is 49.2 Å². The lowest BCUT2D eigenvalue weighted by Crippen LogP contribution is -2.55. The molecule has 1 aliphatic heterocycles. The zero-order valence-corrected chi connectivity index (χ0v) is 18.3. The van der Waals surface area contributed by atoms with E-state index in [0.717, 1.165) is 6.20 Å². The van der Waals surface area contributed by atoms with E-state index in [1.807, 2.05) is 4.90 Å². The molecular formula is C21H18ClFN8O3. The zero-order valence-electron chi connectivity index (χ0n) is 17.5. The van der Waals surface area contributed by atoms with Crippen LogP contribution in [0.5, 0.6) is 5.88 Å². The Morgan fingerprint density at radius 3 is 2.85 bits per heavy atom. The Balaban J connectivity index is 1.42. The lowest BCUT2D eigenvalue weighted by molar-refractivity contribution is -0.125. The van der Waals surface area contributed by atoms with Crippen molar-refractivity contribution in [3.05, 3.63) is 60.0 Å². The maximum Gasteiger partial charge on any atom is 0.268 e. The van der Waals surface area contributed by atoms with E-state index in [9.17, 15) is 14.3 Å². The summed E-state index contributed by atoms with van der Waals surface area (Å²) in [5.41, 5.74) is 0.324. The van der Waals surface area contributed by atoms with Gasteiger partial charge in [-0.05, 0) is 24.3 Å². The molecule has 5 heterocycles. The summed E-state index contributed by atoms with van der Waals surface area (Å²) in [5, 5.41) is 17.5. The lowest BCUT2D eigenvalue weighted by Gasteiger charge is -2.37. The highest BCUT2D eigenvalue weighted by Crippen LogP contribution is 2.25. The Morgan fingerprint density at radius 2 is 2.12 bits per heavy atom. The van der Waals surface area contributed by atoms with Crippen molar-refractivity contribution in [3.8, 4) is 11.7 Å². The van der Waals surface area contributed by atoms with Crippen molar-refractivity contribution in [2.75, 3.05) is 25.0 Å². The first-order valence-electron chi connectivity index (χ1n) is 10.3. The molecule has 0 unspecified atom stereocenters. The summed E-state index contributed by atoms with van der Waals surface area (Å²) < 4.78 is 20.6. The molecular weight excluding hydrogens is 467 g/mol. The van der Waals surface area contributed by atoms with Crippen molar-refractivity contribution in [3.63, 3.8) is 0 Å². The van der Waals surface area contributed by atoms with Crippen molar-refractivity contribution in [2.24, 2.45) is 0 Å². The predicted octanol–water partition coefficient (Wildman–Crippen LogP) is 1.46. The lowest BCUT2D eigenvalue weighted by atomic mass is 10.1. The molecule has 1 amide bonds. The number of β-amino-alcohol motifs (C(OH)–C–C–N with tert-alkyl or cyclic N) is 1. The van der Waals surface area contributed by atoms with Crippen molar-refractivity contribution < 1.29 is 19.0 Å². The largest absolute Gasteiger partial charge is 0.462 e. The molecule has 1 fully saturated rings. The average molecular weight is 485 g/mol. The van der Waals surface area contributed by atoms with Gasteiger partial charge in [-0.3, -0.25) is 9.69 Å². The number of carbonyl (C=O) groups excluding carboxylic acids is 1. The molecule has 0 saturated carbocycles. The fourth-order valence-corrected chi connectivity index (χ4v) is 3.66. The van der Waals surface area contributed by atoms with Crippen LogP contribution in [0, 0.1) is 5.82 Å². The number of anilines is 1. The molecule has 4 aromatic rings. The third-order valence-corrected chi connectivity index (χ3v) is 5.42. The van der Waals surface area contributed by atoms with Crippen LogP contribution in [0.2, 0.25) is 5.02 Å². The fraction of sp³-hybridized carbons (Fsp3) is 0.238. The van der Waals surface area contributed by atoms with Crippen LogP contribution in [-0.4, -0.2) is 77.5 Å². The number of hydrogen-bond donors (Lipinski definition) is 2. The van der Waals surface area contributed by atoms with Crippen LogP contribution in [0.25, 0.3) is 16.9 Å². The highest BCUT2D eigenvalue weighted by Gasteiger charge is 2.32. The Bertz CT molecular complexity index is 1330. The van der Waals surface area contributed by atoms with Gasteiger partial charge in [-0.1, -0.05) is 11.6 Å². The van der Waals surface area contributed by atoms with E-state index >= 15 is 0 Å². The van der Waals surface area contributed by atoms with Gasteiger partial charge in [0, 0.05) is 32.0 Å². The van der Waals surface area contributed by atoms with Gasteiger partial charge in [0.1, 0.15) is 23.3 Å². The van der Waals surface area contributed by atoms with Crippen LogP contribution in [0.4, 0.5) is 10.2 Å². The number of aliphatic hydroxyl groups is 1.